The van der Waals surface area contributed by atoms with E-state index in [-0.39, 0.29) is 23.5 Å². The molecule has 0 spiro atoms. The van der Waals surface area contributed by atoms with Gasteiger partial charge in [-0.15, -0.1) is 10.2 Å². The molecule has 10 heteroatoms. The van der Waals surface area contributed by atoms with Crippen molar-refractivity contribution in [3.63, 3.8) is 0 Å². The van der Waals surface area contributed by atoms with Crippen LogP contribution in [-0.4, -0.2) is 49.0 Å². The van der Waals surface area contributed by atoms with Crippen LogP contribution >= 0.6 is 11.3 Å². The molecule has 3 amide bonds. The van der Waals surface area contributed by atoms with E-state index in [2.05, 4.69) is 26.1 Å². The molecule has 1 heterocycles. The SMILES string of the molecule is CCOCCCNC(=O)NCc1nnc(C(=O)Nc2ccc(OC)cc2)s1. The van der Waals surface area contributed by atoms with Crippen LogP contribution < -0.4 is 20.7 Å². The quantitative estimate of drug-likeness (QED) is 0.532. The summed E-state index contributed by atoms with van der Waals surface area (Å²) in [5.74, 6) is 0.345. The lowest BCUT2D eigenvalue weighted by Crippen LogP contribution is -2.35. The van der Waals surface area contributed by atoms with Crippen molar-refractivity contribution in [1.82, 2.24) is 20.8 Å². The summed E-state index contributed by atoms with van der Waals surface area (Å²) in [6.07, 6.45) is 0.746. The molecule has 0 aliphatic heterocycles. The van der Waals surface area contributed by atoms with Crippen LogP contribution in [0, 0.1) is 0 Å². The van der Waals surface area contributed by atoms with E-state index in [1.165, 1.54) is 0 Å². The molecule has 146 valence electrons. The molecule has 0 fully saturated rings. The lowest BCUT2D eigenvalue weighted by Gasteiger charge is -2.06. The Kier molecular flexibility index (Phi) is 8.46. The number of nitrogens with zero attached hydrogens (tertiary/aromatic N) is 2. The molecule has 9 nitrogen and oxygen atoms in total. The summed E-state index contributed by atoms with van der Waals surface area (Å²) in [5.41, 5.74) is 0.627. The van der Waals surface area contributed by atoms with Crippen LogP contribution in [-0.2, 0) is 11.3 Å². The standard InChI is InChI=1S/C17H23N5O4S/c1-3-26-10-4-9-18-17(24)19-11-14-21-22-16(27-14)15(23)20-12-5-7-13(25-2)8-6-12/h5-8H,3-4,9-11H2,1-2H3,(H,20,23)(H2,18,19,24). The minimum atomic E-state index is -0.357. The fourth-order valence-electron chi connectivity index (χ4n) is 2.01. The zero-order valence-corrected chi connectivity index (χ0v) is 16.1. The van der Waals surface area contributed by atoms with Crippen LogP contribution in [0.2, 0.25) is 0 Å². The fourth-order valence-corrected chi connectivity index (χ4v) is 2.69. The topological polar surface area (TPSA) is 114 Å². The number of benzene rings is 1. The van der Waals surface area contributed by atoms with Crippen molar-refractivity contribution in [1.29, 1.82) is 0 Å². The number of carbonyl (C=O) groups is 2. The van der Waals surface area contributed by atoms with Crippen molar-refractivity contribution in [2.24, 2.45) is 0 Å². The Morgan fingerprint density at radius 3 is 2.63 bits per heavy atom. The zero-order valence-electron chi connectivity index (χ0n) is 15.3. The van der Waals surface area contributed by atoms with E-state index >= 15 is 0 Å². The number of ether oxygens (including phenoxy) is 2. The van der Waals surface area contributed by atoms with Crippen molar-refractivity contribution in [2.75, 3.05) is 32.2 Å². The Bertz CT molecular complexity index is 735. The van der Waals surface area contributed by atoms with Gasteiger partial charge in [-0.1, -0.05) is 11.3 Å². The summed E-state index contributed by atoms with van der Waals surface area (Å²) in [6.45, 7) is 3.92. The van der Waals surface area contributed by atoms with Crippen LogP contribution in [0.25, 0.3) is 0 Å². The smallest absolute Gasteiger partial charge is 0.315 e. The highest BCUT2D eigenvalue weighted by atomic mass is 32.1. The molecular formula is C17H23N5O4S. The zero-order chi connectivity index (χ0) is 19.5. The molecule has 1 aromatic heterocycles. The van der Waals surface area contributed by atoms with E-state index in [0.29, 0.717) is 36.2 Å². The molecule has 0 unspecified atom stereocenters. The molecule has 3 N–H and O–H groups in total. The van der Waals surface area contributed by atoms with Crippen LogP contribution in [0.5, 0.6) is 5.75 Å². The van der Waals surface area contributed by atoms with E-state index in [4.69, 9.17) is 9.47 Å². The Hall–Kier alpha value is -2.72. The number of hydrogen-bond acceptors (Lipinski definition) is 7. The van der Waals surface area contributed by atoms with Crippen LogP contribution in [0.1, 0.15) is 28.2 Å². The van der Waals surface area contributed by atoms with Gasteiger partial charge >= 0.3 is 6.03 Å². The monoisotopic (exact) mass is 393 g/mol. The van der Waals surface area contributed by atoms with Crippen LogP contribution in [0.4, 0.5) is 10.5 Å². The van der Waals surface area contributed by atoms with Crippen molar-refractivity contribution in [3.05, 3.63) is 34.3 Å². The van der Waals surface area contributed by atoms with Gasteiger partial charge in [0, 0.05) is 25.4 Å². The third-order valence-corrected chi connectivity index (χ3v) is 4.29. The third-order valence-electron chi connectivity index (χ3n) is 3.36. The Labute approximate surface area is 161 Å². The van der Waals surface area contributed by atoms with Crippen molar-refractivity contribution in [2.45, 2.75) is 19.9 Å². The van der Waals surface area contributed by atoms with Crippen molar-refractivity contribution in [3.8, 4) is 5.75 Å². The van der Waals surface area contributed by atoms with Gasteiger partial charge in [0.1, 0.15) is 10.8 Å². The summed E-state index contributed by atoms with van der Waals surface area (Å²) >= 11 is 1.12. The first-order chi connectivity index (χ1) is 13.1. The normalized spacial score (nSPS) is 10.3. The molecular weight excluding hydrogens is 370 g/mol. The first kappa shape index (κ1) is 20.6. The van der Waals surface area contributed by atoms with Crippen LogP contribution in [0.15, 0.2) is 24.3 Å². The summed E-state index contributed by atoms with van der Waals surface area (Å²) < 4.78 is 10.3. The van der Waals surface area contributed by atoms with E-state index < -0.39 is 0 Å². The summed E-state index contributed by atoms with van der Waals surface area (Å²) in [4.78, 5) is 23.9. The van der Waals surface area contributed by atoms with E-state index in [9.17, 15) is 9.59 Å². The molecule has 0 aliphatic carbocycles. The van der Waals surface area contributed by atoms with E-state index in [1.807, 2.05) is 6.92 Å². The lowest BCUT2D eigenvalue weighted by atomic mass is 10.3. The predicted molar refractivity (Wildman–Crippen MR) is 102 cm³/mol. The second-order valence-electron chi connectivity index (χ2n) is 5.34. The number of amides is 3. The first-order valence-electron chi connectivity index (χ1n) is 8.49. The van der Waals surface area contributed by atoms with Crippen LogP contribution in [0.3, 0.4) is 0 Å². The highest BCUT2D eigenvalue weighted by Gasteiger charge is 2.13. The van der Waals surface area contributed by atoms with Crippen molar-refractivity contribution < 1.29 is 19.1 Å². The number of hydrogen-bond donors (Lipinski definition) is 3. The number of aromatic nitrogens is 2. The van der Waals surface area contributed by atoms with Gasteiger partial charge in [-0.05, 0) is 37.6 Å². The van der Waals surface area contributed by atoms with Gasteiger partial charge in [0.2, 0.25) is 5.01 Å². The highest BCUT2D eigenvalue weighted by molar-refractivity contribution is 7.13. The maximum Gasteiger partial charge on any atom is 0.315 e. The Balaban J connectivity index is 1.74. The number of rotatable bonds is 10. The molecule has 0 saturated carbocycles. The molecule has 2 aromatic rings. The first-order valence-corrected chi connectivity index (χ1v) is 9.31. The molecule has 0 radical (unpaired) electrons. The maximum absolute atomic E-state index is 12.2. The van der Waals surface area contributed by atoms with Gasteiger partial charge in [-0.2, -0.15) is 0 Å². The minimum absolute atomic E-state index is 0.199. The van der Waals surface area contributed by atoms with Gasteiger partial charge in [0.15, 0.2) is 0 Å². The minimum Gasteiger partial charge on any atom is -0.497 e. The summed E-state index contributed by atoms with van der Waals surface area (Å²) in [7, 11) is 1.57. The number of urea groups is 1. The van der Waals surface area contributed by atoms with Gasteiger partial charge in [0.05, 0.1) is 13.7 Å². The van der Waals surface area contributed by atoms with Crippen molar-refractivity contribution >= 4 is 29.0 Å². The molecule has 0 aliphatic rings. The Morgan fingerprint density at radius 1 is 1.15 bits per heavy atom. The second-order valence-corrected chi connectivity index (χ2v) is 6.41. The maximum atomic E-state index is 12.2. The van der Waals surface area contributed by atoms with Gasteiger partial charge in [-0.25, -0.2) is 4.79 Å². The largest absolute Gasteiger partial charge is 0.497 e. The second kappa shape index (κ2) is 11.1. The predicted octanol–water partition coefficient (Wildman–Crippen LogP) is 2.02. The Morgan fingerprint density at radius 2 is 1.93 bits per heavy atom. The van der Waals surface area contributed by atoms with Gasteiger partial charge in [0.25, 0.3) is 5.91 Å². The molecule has 1 aromatic carbocycles. The highest BCUT2D eigenvalue weighted by Crippen LogP contribution is 2.17. The number of anilines is 1. The molecule has 2 rings (SSSR count). The summed E-state index contributed by atoms with van der Waals surface area (Å²) in [5, 5.41) is 16.7. The fraction of sp³-hybridized carbons (Fsp3) is 0.412. The molecule has 0 bridgehead atoms. The van der Waals surface area contributed by atoms with E-state index in [0.717, 1.165) is 17.8 Å². The number of methoxy groups -OCH3 is 1. The molecule has 0 saturated heterocycles. The average Bonchev–Trinajstić information content (AvgIpc) is 3.16. The summed E-state index contributed by atoms with van der Waals surface area (Å²) in [6, 6.07) is 6.66. The van der Waals surface area contributed by atoms with E-state index in [1.54, 1.807) is 31.4 Å². The third kappa shape index (κ3) is 7.19. The molecule has 27 heavy (non-hydrogen) atoms. The number of nitrogens with one attached hydrogen (secondary N) is 3. The van der Waals surface area contributed by atoms with Gasteiger partial charge < -0.3 is 25.4 Å². The average molecular weight is 393 g/mol. The van der Waals surface area contributed by atoms with Gasteiger partial charge in [-0.3, -0.25) is 4.79 Å². The lowest BCUT2D eigenvalue weighted by molar-refractivity contribution is 0.102. The number of carbonyl (C=O) groups excluding carboxylic acids is 2. The molecule has 0 atom stereocenters.